The molecule has 0 radical (unpaired) electrons. The van der Waals surface area contributed by atoms with E-state index in [1.807, 2.05) is 36.4 Å². The molecule has 0 fully saturated rings. The van der Waals surface area contributed by atoms with Gasteiger partial charge < -0.3 is 35.3 Å². The Morgan fingerprint density at radius 1 is 0.829 bits per heavy atom. The summed E-state index contributed by atoms with van der Waals surface area (Å²) in [4.78, 5) is 37.0. The average molecular weight is 570 g/mol. The van der Waals surface area contributed by atoms with Crippen LogP contribution in [-0.2, 0) is 19.0 Å². The van der Waals surface area contributed by atoms with Crippen LogP contribution < -0.4 is 16.0 Å². The molecule has 3 amide bonds. The van der Waals surface area contributed by atoms with Crippen molar-refractivity contribution in [2.75, 3.05) is 19.7 Å². The number of hydrogen-bond acceptors (Lipinski definition) is 7. The van der Waals surface area contributed by atoms with E-state index in [1.165, 1.54) is 0 Å². The van der Waals surface area contributed by atoms with Crippen LogP contribution in [0.25, 0.3) is 11.1 Å². The Morgan fingerprint density at radius 2 is 1.39 bits per heavy atom. The number of hydrogen-bond donors (Lipinski definition) is 4. The zero-order valence-electron chi connectivity index (χ0n) is 24.8. The Kier molecular flexibility index (Phi) is 10.8. The number of rotatable bonds is 11. The lowest BCUT2D eigenvalue weighted by Crippen LogP contribution is -2.48. The molecule has 0 aromatic heterocycles. The third kappa shape index (κ3) is 10.1. The Bertz CT molecular complexity index is 1160. The third-order valence-corrected chi connectivity index (χ3v) is 6.26. The van der Waals surface area contributed by atoms with Gasteiger partial charge in [0.2, 0.25) is 5.91 Å². The largest absolute Gasteiger partial charge is 0.449 e. The maximum atomic E-state index is 12.9. The number of aliphatic hydroxyl groups is 1. The molecular formula is C31H43N3O7. The van der Waals surface area contributed by atoms with Gasteiger partial charge in [0, 0.05) is 25.4 Å². The minimum atomic E-state index is -1.36. The molecule has 0 heterocycles. The highest BCUT2D eigenvalue weighted by Gasteiger charge is 2.31. The van der Waals surface area contributed by atoms with E-state index in [0.29, 0.717) is 0 Å². The number of ether oxygens (including phenoxy) is 3. The second kappa shape index (κ2) is 13.8. The first kappa shape index (κ1) is 31.9. The first-order chi connectivity index (χ1) is 19.2. The summed E-state index contributed by atoms with van der Waals surface area (Å²) in [6, 6.07) is 15.2. The van der Waals surface area contributed by atoms with Gasteiger partial charge in [0.25, 0.3) is 0 Å². The van der Waals surface area contributed by atoms with Crippen molar-refractivity contribution in [2.45, 2.75) is 83.8 Å². The molecule has 4 N–H and O–H groups in total. The van der Waals surface area contributed by atoms with Gasteiger partial charge in [-0.05, 0) is 70.2 Å². The van der Waals surface area contributed by atoms with Gasteiger partial charge in [0.15, 0.2) is 6.29 Å². The normalized spacial score (nSPS) is 14.3. The molecule has 2 atom stereocenters. The molecule has 1 aliphatic rings. The summed E-state index contributed by atoms with van der Waals surface area (Å²) >= 11 is 0. The van der Waals surface area contributed by atoms with Gasteiger partial charge in [0.05, 0.1) is 11.6 Å². The van der Waals surface area contributed by atoms with E-state index >= 15 is 0 Å². The summed E-state index contributed by atoms with van der Waals surface area (Å²) in [5.41, 5.74) is 3.13. The van der Waals surface area contributed by atoms with Gasteiger partial charge in [-0.25, -0.2) is 9.59 Å². The van der Waals surface area contributed by atoms with Gasteiger partial charge in [-0.2, -0.15) is 0 Å². The molecule has 2 unspecified atom stereocenters. The lowest BCUT2D eigenvalue weighted by Gasteiger charge is -2.30. The standard InChI is InChI=1S/C31H43N3O7/c1-30(2,3)40-27(36)25(15-16-26(35)32-17-18-33-28(37)41-31(4,5)6)34-29(38)39-19-24-22-13-9-7-11-20(22)21-12-8-10-14-23(21)24/h7-14,24-25,27,36H,15-19H2,1-6H3,(H,32,35)(H,33,37)(H,34,38). The van der Waals surface area contributed by atoms with Crippen molar-refractivity contribution < 1.29 is 33.7 Å². The predicted octanol–water partition coefficient (Wildman–Crippen LogP) is 4.45. The zero-order valence-corrected chi connectivity index (χ0v) is 24.8. The van der Waals surface area contributed by atoms with Gasteiger partial charge in [-0.15, -0.1) is 0 Å². The maximum absolute atomic E-state index is 12.9. The Hall–Kier alpha value is -3.63. The van der Waals surface area contributed by atoms with Gasteiger partial charge >= 0.3 is 12.2 Å². The van der Waals surface area contributed by atoms with E-state index in [4.69, 9.17) is 14.2 Å². The smallest absolute Gasteiger partial charge is 0.407 e. The maximum Gasteiger partial charge on any atom is 0.407 e. The molecule has 2 aromatic carbocycles. The Balaban J connectivity index is 1.53. The molecular weight excluding hydrogens is 526 g/mol. The lowest BCUT2D eigenvalue weighted by atomic mass is 9.98. The zero-order chi connectivity index (χ0) is 30.2. The number of alkyl carbamates (subject to hydrolysis) is 2. The van der Waals surface area contributed by atoms with Crippen LogP contribution in [0.15, 0.2) is 48.5 Å². The monoisotopic (exact) mass is 569 g/mol. The number of carbonyl (C=O) groups is 3. The summed E-state index contributed by atoms with van der Waals surface area (Å²) in [6.07, 6.45) is -2.54. The number of amides is 3. The Labute approximate surface area is 242 Å². The second-order valence-corrected chi connectivity index (χ2v) is 12.0. The fourth-order valence-corrected chi connectivity index (χ4v) is 4.58. The van der Waals surface area contributed by atoms with Crippen LogP contribution in [0.4, 0.5) is 9.59 Å². The van der Waals surface area contributed by atoms with Crippen LogP contribution in [-0.4, -0.2) is 66.4 Å². The van der Waals surface area contributed by atoms with Crippen LogP contribution >= 0.6 is 0 Å². The molecule has 0 spiro atoms. The van der Waals surface area contributed by atoms with Crippen molar-refractivity contribution in [3.8, 4) is 11.1 Å². The van der Waals surface area contributed by atoms with Crippen molar-refractivity contribution in [1.29, 1.82) is 0 Å². The number of fused-ring (bicyclic) bond motifs is 3. The molecule has 0 saturated carbocycles. The van der Waals surface area contributed by atoms with Crippen LogP contribution in [0.2, 0.25) is 0 Å². The molecule has 0 saturated heterocycles. The molecule has 0 bridgehead atoms. The molecule has 2 aromatic rings. The average Bonchev–Trinajstić information content (AvgIpc) is 3.19. The molecule has 10 nitrogen and oxygen atoms in total. The molecule has 0 aliphatic heterocycles. The van der Waals surface area contributed by atoms with E-state index in [0.717, 1.165) is 22.3 Å². The minimum absolute atomic E-state index is 0.00528. The predicted molar refractivity (Wildman–Crippen MR) is 155 cm³/mol. The van der Waals surface area contributed by atoms with Gasteiger partial charge in [0.1, 0.15) is 12.2 Å². The fourth-order valence-electron chi connectivity index (χ4n) is 4.58. The third-order valence-electron chi connectivity index (χ3n) is 6.26. The van der Waals surface area contributed by atoms with E-state index in [9.17, 15) is 19.5 Å². The highest BCUT2D eigenvalue weighted by Crippen LogP contribution is 2.44. The molecule has 3 rings (SSSR count). The number of benzene rings is 2. The van der Waals surface area contributed by atoms with Crippen molar-refractivity contribution in [1.82, 2.24) is 16.0 Å². The molecule has 224 valence electrons. The highest BCUT2D eigenvalue weighted by atomic mass is 16.6. The van der Waals surface area contributed by atoms with Crippen LogP contribution in [0.5, 0.6) is 0 Å². The first-order valence-corrected chi connectivity index (χ1v) is 13.9. The van der Waals surface area contributed by atoms with Gasteiger partial charge in [-0.3, -0.25) is 4.79 Å². The topological polar surface area (TPSA) is 135 Å². The van der Waals surface area contributed by atoms with Gasteiger partial charge in [-0.1, -0.05) is 48.5 Å². The molecule has 41 heavy (non-hydrogen) atoms. The first-order valence-electron chi connectivity index (χ1n) is 13.9. The summed E-state index contributed by atoms with van der Waals surface area (Å²) in [5, 5.41) is 18.7. The number of aliphatic hydroxyl groups excluding tert-OH is 1. The van der Waals surface area contributed by atoms with Crippen LogP contribution in [0, 0.1) is 0 Å². The molecule has 1 aliphatic carbocycles. The summed E-state index contributed by atoms with van der Waals surface area (Å²) in [6.45, 7) is 11.1. The minimum Gasteiger partial charge on any atom is -0.449 e. The van der Waals surface area contributed by atoms with Crippen molar-refractivity contribution in [3.63, 3.8) is 0 Å². The van der Waals surface area contributed by atoms with Crippen molar-refractivity contribution >= 4 is 18.1 Å². The number of carbonyl (C=O) groups excluding carboxylic acids is 3. The van der Waals surface area contributed by atoms with Crippen molar-refractivity contribution in [2.24, 2.45) is 0 Å². The lowest BCUT2D eigenvalue weighted by molar-refractivity contribution is -0.180. The van der Waals surface area contributed by atoms with Crippen LogP contribution in [0.3, 0.4) is 0 Å². The summed E-state index contributed by atoms with van der Waals surface area (Å²) in [7, 11) is 0. The van der Waals surface area contributed by atoms with E-state index in [-0.39, 0.29) is 44.4 Å². The summed E-state index contributed by atoms with van der Waals surface area (Å²) < 4.78 is 16.4. The van der Waals surface area contributed by atoms with Crippen molar-refractivity contribution in [3.05, 3.63) is 59.7 Å². The van der Waals surface area contributed by atoms with E-state index < -0.39 is 35.7 Å². The van der Waals surface area contributed by atoms with E-state index in [2.05, 4.69) is 28.1 Å². The van der Waals surface area contributed by atoms with E-state index in [1.54, 1.807) is 41.5 Å². The quantitative estimate of drug-likeness (QED) is 0.232. The van der Waals surface area contributed by atoms with Crippen LogP contribution in [0.1, 0.15) is 71.4 Å². The fraction of sp³-hybridized carbons (Fsp3) is 0.516. The summed E-state index contributed by atoms with van der Waals surface area (Å²) in [5.74, 6) is -0.416. The number of nitrogens with one attached hydrogen (secondary N) is 3. The molecule has 10 heteroatoms. The highest BCUT2D eigenvalue weighted by molar-refractivity contribution is 5.79. The SMILES string of the molecule is CC(C)(C)OC(=O)NCCNC(=O)CCC(NC(=O)OCC1c2ccccc2-c2ccccc21)C(O)OC(C)(C)C. The second-order valence-electron chi connectivity index (χ2n) is 12.0. The Morgan fingerprint density at radius 3 is 1.95 bits per heavy atom.